The monoisotopic (exact) mass is 414 g/mol. The topological polar surface area (TPSA) is 88.5 Å². The highest BCUT2D eigenvalue weighted by Crippen LogP contribution is 2.36. The second-order valence-corrected chi connectivity index (χ2v) is 7.24. The lowest BCUT2D eigenvalue weighted by Gasteiger charge is -2.15. The molecular weight excluding hydrogens is 387 g/mol. The molecule has 0 radical (unpaired) electrons. The van der Waals surface area contributed by atoms with Crippen molar-refractivity contribution in [2.75, 3.05) is 25.6 Å². The van der Waals surface area contributed by atoms with Gasteiger partial charge in [0.1, 0.15) is 23.7 Å². The molecule has 0 fully saturated rings. The van der Waals surface area contributed by atoms with Gasteiger partial charge in [-0.1, -0.05) is 13.8 Å². The number of nitrogens with one attached hydrogen (secondary N) is 2. The molecule has 0 aliphatic carbocycles. The van der Waals surface area contributed by atoms with Crippen molar-refractivity contribution in [2.24, 2.45) is 0 Å². The summed E-state index contributed by atoms with van der Waals surface area (Å²) in [7, 11) is 1.56. The minimum absolute atomic E-state index is 0.00233. The predicted molar refractivity (Wildman–Crippen MR) is 115 cm³/mol. The first kappa shape index (κ1) is 21.6. The van der Waals surface area contributed by atoms with E-state index in [1.165, 1.54) is 18.5 Å². The average molecular weight is 414 g/mol. The average Bonchev–Trinajstić information content (AvgIpc) is 2.73. The molecular formula is C22H27FN4O3. The van der Waals surface area contributed by atoms with Crippen LogP contribution in [0.4, 0.5) is 15.9 Å². The fourth-order valence-electron chi connectivity index (χ4n) is 3.02. The number of hydrogen-bond acceptors (Lipinski definition) is 7. The van der Waals surface area contributed by atoms with Gasteiger partial charge < -0.3 is 25.2 Å². The van der Waals surface area contributed by atoms with E-state index >= 15 is 0 Å². The molecule has 8 heteroatoms. The largest absolute Gasteiger partial charge is 0.508 e. The minimum Gasteiger partial charge on any atom is -0.508 e. The first-order valence-corrected chi connectivity index (χ1v) is 9.84. The Hall–Kier alpha value is -3.13. The zero-order valence-electron chi connectivity index (χ0n) is 17.6. The number of fused-ring (bicyclic) bond motifs is 1. The number of phenolic OH excluding ortho intramolecular Hbond substituents is 1. The Morgan fingerprint density at radius 1 is 1.17 bits per heavy atom. The number of aromatic nitrogens is 2. The van der Waals surface area contributed by atoms with Gasteiger partial charge in [0.25, 0.3) is 0 Å². The van der Waals surface area contributed by atoms with Crippen LogP contribution in [0, 0.1) is 12.7 Å². The van der Waals surface area contributed by atoms with Crippen LogP contribution in [0.3, 0.4) is 0 Å². The molecule has 1 aromatic heterocycles. The Bertz CT molecular complexity index is 1030. The number of benzene rings is 2. The highest BCUT2D eigenvalue weighted by molar-refractivity contribution is 5.93. The molecule has 0 saturated carbocycles. The third kappa shape index (κ3) is 4.88. The summed E-state index contributed by atoms with van der Waals surface area (Å²) in [5, 5.41) is 16.9. The molecule has 0 amide bonds. The first-order chi connectivity index (χ1) is 14.4. The number of halogens is 1. The summed E-state index contributed by atoms with van der Waals surface area (Å²) in [4.78, 5) is 8.55. The summed E-state index contributed by atoms with van der Waals surface area (Å²) in [5.74, 6) is 1.03. The molecule has 160 valence electrons. The third-order valence-corrected chi connectivity index (χ3v) is 4.68. The van der Waals surface area contributed by atoms with Gasteiger partial charge in [0, 0.05) is 23.1 Å². The van der Waals surface area contributed by atoms with Gasteiger partial charge in [0.2, 0.25) is 0 Å². The lowest BCUT2D eigenvalue weighted by molar-refractivity contribution is 0.287. The molecule has 0 saturated heterocycles. The lowest BCUT2D eigenvalue weighted by atomic mass is 10.1. The molecule has 7 nitrogen and oxygen atoms in total. The van der Waals surface area contributed by atoms with E-state index in [0.29, 0.717) is 46.4 Å². The van der Waals surface area contributed by atoms with Gasteiger partial charge in [-0.2, -0.15) is 0 Å². The molecule has 0 atom stereocenters. The van der Waals surface area contributed by atoms with Crippen molar-refractivity contribution in [3.8, 4) is 17.2 Å². The van der Waals surface area contributed by atoms with Crippen molar-refractivity contribution >= 4 is 22.4 Å². The number of anilines is 2. The summed E-state index contributed by atoms with van der Waals surface area (Å²) in [6, 6.07) is 6.49. The zero-order valence-corrected chi connectivity index (χ0v) is 17.6. The van der Waals surface area contributed by atoms with Crippen molar-refractivity contribution in [3.05, 3.63) is 42.0 Å². The summed E-state index contributed by atoms with van der Waals surface area (Å²) in [6.45, 7) is 7.22. The zero-order chi connectivity index (χ0) is 21.7. The first-order valence-electron chi connectivity index (χ1n) is 9.84. The Kier molecular flexibility index (Phi) is 6.89. The number of phenols is 1. The highest BCUT2D eigenvalue weighted by atomic mass is 19.1. The van der Waals surface area contributed by atoms with E-state index in [2.05, 4.69) is 34.4 Å². The molecule has 0 aliphatic heterocycles. The van der Waals surface area contributed by atoms with Crippen molar-refractivity contribution in [1.82, 2.24) is 15.3 Å². The second-order valence-electron chi connectivity index (χ2n) is 7.24. The summed E-state index contributed by atoms with van der Waals surface area (Å²) in [6.07, 6.45) is 2.25. The third-order valence-electron chi connectivity index (χ3n) is 4.68. The Morgan fingerprint density at radius 2 is 1.97 bits per heavy atom. The van der Waals surface area contributed by atoms with E-state index < -0.39 is 5.82 Å². The molecule has 2 aromatic carbocycles. The Labute approximate surface area is 175 Å². The summed E-state index contributed by atoms with van der Waals surface area (Å²) in [5.41, 5.74) is 1.18. The fourth-order valence-corrected chi connectivity index (χ4v) is 3.02. The molecule has 0 unspecified atom stereocenters. The molecule has 0 aliphatic rings. The van der Waals surface area contributed by atoms with Crippen molar-refractivity contribution in [3.63, 3.8) is 0 Å². The van der Waals surface area contributed by atoms with E-state index in [1.807, 2.05) is 0 Å². The molecule has 1 heterocycles. The van der Waals surface area contributed by atoms with Crippen molar-refractivity contribution in [2.45, 2.75) is 33.2 Å². The van der Waals surface area contributed by atoms with Crippen LogP contribution in [0.15, 0.2) is 30.6 Å². The van der Waals surface area contributed by atoms with Gasteiger partial charge in [-0.3, -0.25) is 0 Å². The molecule has 3 aromatic rings. The minimum atomic E-state index is -0.487. The molecule has 0 bridgehead atoms. The maximum Gasteiger partial charge on any atom is 0.163 e. The van der Waals surface area contributed by atoms with Crippen LogP contribution in [-0.2, 0) is 0 Å². The number of aromatic hydroxyl groups is 1. The van der Waals surface area contributed by atoms with Crippen LogP contribution in [0.5, 0.6) is 17.2 Å². The number of rotatable bonds is 9. The maximum atomic E-state index is 14.3. The van der Waals surface area contributed by atoms with Gasteiger partial charge in [0.05, 0.1) is 24.9 Å². The van der Waals surface area contributed by atoms with Crippen LogP contribution in [0.2, 0.25) is 0 Å². The predicted octanol–water partition coefficient (Wildman–Crippen LogP) is 4.30. The van der Waals surface area contributed by atoms with Gasteiger partial charge in [0.15, 0.2) is 11.5 Å². The maximum absolute atomic E-state index is 14.3. The Morgan fingerprint density at radius 3 is 2.70 bits per heavy atom. The summed E-state index contributed by atoms with van der Waals surface area (Å²) >= 11 is 0. The number of nitrogens with zero attached hydrogens (tertiary/aromatic N) is 2. The van der Waals surface area contributed by atoms with Crippen LogP contribution in [0.25, 0.3) is 10.9 Å². The van der Waals surface area contributed by atoms with E-state index in [-0.39, 0.29) is 11.4 Å². The van der Waals surface area contributed by atoms with Gasteiger partial charge >= 0.3 is 0 Å². The summed E-state index contributed by atoms with van der Waals surface area (Å²) < 4.78 is 25.7. The number of methoxy groups -OCH3 is 1. The van der Waals surface area contributed by atoms with Crippen LogP contribution in [-0.4, -0.2) is 41.4 Å². The quantitative estimate of drug-likeness (QED) is 0.450. The lowest BCUT2D eigenvalue weighted by Crippen LogP contribution is -2.24. The van der Waals surface area contributed by atoms with Crippen molar-refractivity contribution < 1.29 is 19.0 Å². The van der Waals surface area contributed by atoms with E-state index in [1.54, 1.807) is 26.2 Å². The molecule has 0 spiro atoms. The van der Waals surface area contributed by atoms with E-state index in [0.717, 1.165) is 13.0 Å². The van der Waals surface area contributed by atoms with Crippen LogP contribution in [0.1, 0.15) is 25.8 Å². The smallest absolute Gasteiger partial charge is 0.163 e. The number of ether oxygens (including phenoxy) is 2. The van der Waals surface area contributed by atoms with E-state index in [4.69, 9.17) is 9.47 Å². The van der Waals surface area contributed by atoms with Crippen LogP contribution >= 0.6 is 0 Å². The SMILES string of the molecule is COc1cc2c(Nc3c(F)ccc(O)c3C)ncnc2cc1OCCCNC(C)C. The van der Waals surface area contributed by atoms with Crippen molar-refractivity contribution in [1.29, 1.82) is 0 Å². The molecule has 3 N–H and O–H groups in total. The highest BCUT2D eigenvalue weighted by Gasteiger charge is 2.15. The Balaban J connectivity index is 1.87. The van der Waals surface area contributed by atoms with Gasteiger partial charge in [-0.15, -0.1) is 0 Å². The molecule has 3 rings (SSSR count). The van der Waals surface area contributed by atoms with E-state index in [9.17, 15) is 9.50 Å². The van der Waals surface area contributed by atoms with Gasteiger partial charge in [-0.25, -0.2) is 14.4 Å². The van der Waals surface area contributed by atoms with Gasteiger partial charge in [-0.05, 0) is 38.1 Å². The second kappa shape index (κ2) is 9.58. The fraction of sp³-hybridized carbons (Fsp3) is 0.364. The standard InChI is InChI=1S/C22H27FN4O3/c1-13(2)24-8-5-9-30-20-11-17-15(10-19(20)29-4)22(26-12-25-17)27-21-14(3)18(28)7-6-16(21)23/h6-7,10-13,24,28H,5,8-9H2,1-4H3,(H,25,26,27). The normalized spacial score (nSPS) is 11.1. The van der Waals surface area contributed by atoms with Crippen LogP contribution < -0.4 is 20.1 Å². The molecule has 30 heavy (non-hydrogen) atoms. The number of hydrogen-bond donors (Lipinski definition) is 3.